The van der Waals surface area contributed by atoms with Crippen molar-refractivity contribution in [2.75, 3.05) is 5.32 Å². The Morgan fingerprint density at radius 2 is 2.03 bits per heavy atom. The van der Waals surface area contributed by atoms with E-state index in [1.807, 2.05) is 0 Å². The second-order valence-corrected chi connectivity index (χ2v) is 10.3. The molecule has 0 saturated carbocycles. The van der Waals surface area contributed by atoms with Crippen molar-refractivity contribution in [1.29, 1.82) is 0 Å². The van der Waals surface area contributed by atoms with Crippen molar-refractivity contribution in [3.05, 3.63) is 50.6 Å². The summed E-state index contributed by atoms with van der Waals surface area (Å²) < 4.78 is 39.6. The molecule has 0 radical (unpaired) electrons. The molecular formula is C22H23F3N4O2S. The van der Waals surface area contributed by atoms with Gasteiger partial charge < -0.3 is 5.32 Å². The first-order valence-electron chi connectivity index (χ1n) is 10.3. The summed E-state index contributed by atoms with van der Waals surface area (Å²) in [6, 6.07) is 4.32. The lowest BCUT2D eigenvalue weighted by atomic mass is 9.72. The minimum atomic E-state index is -4.52. The maximum Gasteiger partial charge on any atom is 0.416 e. The number of hydrogen-bond donors (Lipinski definition) is 1. The van der Waals surface area contributed by atoms with Crippen LogP contribution in [0.2, 0.25) is 0 Å². The summed E-state index contributed by atoms with van der Waals surface area (Å²) in [6.07, 6.45) is -1.89. The van der Waals surface area contributed by atoms with Crippen molar-refractivity contribution < 1.29 is 18.0 Å². The summed E-state index contributed by atoms with van der Waals surface area (Å²) in [7, 11) is 0. The molecule has 32 heavy (non-hydrogen) atoms. The molecule has 0 bridgehead atoms. The SMILES string of the molecule is CC(C)(C)C1CCc2c(sc3nnn(CC(=O)Nc4cccc(C(F)(F)F)c4)c(=O)c23)C1. The Morgan fingerprint density at radius 1 is 1.28 bits per heavy atom. The van der Waals surface area contributed by atoms with Crippen LogP contribution >= 0.6 is 11.3 Å². The predicted molar refractivity (Wildman–Crippen MR) is 117 cm³/mol. The highest BCUT2D eigenvalue weighted by molar-refractivity contribution is 7.18. The van der Waals surface area contributed by atoms with Gasteiger partial charge in [0.15, 0.2) is 4.83 Å². The number of hydrogen-bond acceptors (Lipinski definition) is 5. The van der Waals surface area contributed by atoms with Gasteiger partial charge in [-0.05, 0) is 54.4 Å². The highest BCUT2D eigenvalue weighted by Gasteiger charge is 2.32. The minimum absolute atomic E-state index is 0.00644. The van der Waals surface area contributed by atoms with Crippen LogP contribution in [-0.4, -0.2) is 20.9 Å². The lowest BCUT2D eigenvalue weighted by Gasteiger charge is -2.33. The molecule has 170 valence electrons. The van der Waals surface area contributed by atoms with Crippen LogP contribution < -0.4 is 10.9 Å². The first-order chi connectivity index (χ1) is 14.9. The molecule has 6 nitrogen and oxygen atoms in total. The van der Waals surface area contributed by atoms with Gasteiger partial charge in [-0.15, -0.1) is 16.4 Å². The van der Waals surface area contributed by atoms with Gasteiger partial charge in [-0.25, -0.2) is 4.68 Å². The number of nitrogens with one attached hydrogen (secondary N) is 1. The summed E-state index contributed by atoms with van der Waals surface area (Å²) in [4.78, 5) is 27.1. The molecule has 2 aromatic heterocycles. The van der Waals surface area contributed by atoms with E-state index in [4.69, 9.17) is 0 Å². The van der Waals surface area contributed by atoms with Gasteiger partial charge in [-0.3, -0.25) is 9.59 Å². The van der Waals surface area contributed by atoms with E-state index in [1.54, 1.807) is 0 Å². The van der Waals surface area contributed by atoms with Gasteiger partial charge >= 0.3 is 6.18 Å². The van der Waals surface area contributed by atoms with E-state index in [9.17, 15) is 22.8 Å². The number of nitrogens with zero attached hydrogens (tertiary/aromatic N) is 3. The molecule has 0 spiro atoms. The zero-order valence-corrected chi connectivity index (χ0v) is 18.7. The number of amides is 1. The lowest BCUT2D eigenvalue weighted by Crippen LogP contribution is -2.31. The van der Waals surface area contributed by atoms with Crippen LogP contribution in [0.4, 0.5) is 18.9 Å². The van der Waals surface area contributed by atoms with E-state index in [2.05, 4.69) is 36.4 Å². The average Bonchev–Trinajstić information content (AvgIpc) is 3.07. The quantitative estimate of drug-likeness (QED) is 0.612. The number of fused-ring (bicyclic) bond motifs is 3. The standard InChI is InChI=1S/C22H23F3N4O2S/c1-21(2,3)12-7-8-15-16(10-12)32-19-18(15)20(31)29(28-27-19)11-17(30)26-14-6-4-5-13(9-14)22(23,24)25/h4-6,9,12H,7-8,10-11H2,1-3H3,(H,26,30). The Morgan fingerprint density at radius 3 is 2.72 bits per heavy atom. The molecule has 0 saturated heterocycles. The second-order valence-electron chi connectivity index (χ2n) is 9.17. The Balaban J connectivity index is 1.57. The Labute approximate surface area is 186 Å². The molecule has 1 N–H and O–H groups in total. The number of aryl methyl sites for hydroxylation is 1. The molecule has 0 fully saturated rings. The molecule has 3 aromatic rings. The van der Waals surface area contributed by atoms with E-state index in [-0.39, 0.29) is 11.1 Å². The van der Waals surface area contributed by atoms with Crippen LogP contribution in [0.15, 0.2) is 29.1 Å². The molecule has 1 amide bonds. The number of thiophene rings is 1. The number of halogens is 3. The summed E-state index contributed by atoms with van der Waals surface area (Å²) >= 11 is 1.47. The van der Waals surface area contributed by atoms with Crippen molar-refractivity contribution in [3.8, 4) is 0 Å². The fraction of sp³-hybridized carbons (Fsp3) is 0.455. The van der Waals surface area contributed by atoms with Crippen LogP contribution in [0.3, 0.4) is 0 Å². The topological polar surface area (TPSA) is 76.9 Å². The fourth-order valence-corrected chi connectivity index (χ4v) is 5.31. The normalized spacial score (nSPS) is 16.8. The molecule has 0 aliphatic heterocycles. The summed E-state index contributed by atoms with van der Waals surface area (Å²) in [5.41, 5.74) is -0.125. The van der Waals surface area contributed by atoms with Crippen LogP contribution in [0.1, 0.15) is 43.2 Å². The molecular weight excluding hydrogens is 441 g/mol. The monoisotopic (exact) mass is 464 g/mol. The largest absolute Gasteiger partial charge is 0.416 e. The Hall–Kier alpha value is -2.75. The number of carbonyl (C=O) groups is 1. The Kier molecular flexibility index (Phi) is 5.60. The number of carbonyl (C=O) groups excluding carboxylic acids is 1. The molecule has 1 aliphatic carbocycles. The van der Waals surface area contributed by atoms with Gasteiger partial charge in [0.1, 0.15) is 6.54 Å². The van der Waals surface area contributed by atoms with E-state index >= 15 is 0 Å². The van der Waals surface area contributed by atoms with Gasteiger partial charge in [0.05, 0.1) is 10.9 Å². The van der Waals surface area contributed by atoms with Crippen LogP contribution in [0.5, 0.6) is 0 Å². The number of anilines is 1. The average molecular weight is 465 g/mol. The predicted octanol–water partition coefficient (Wildman–Crippen LogP) is 4.66. The van der Waals surface area contributed by atoms with E-state index in [0.717, 1.165) is 46.5 Å². The molecule has 1 atom stereocenters. The van der Waals surface area contributed by atoms with Crippen LogP contribution in [0.25, 0.3) is 10.2 Å². The van der Waals surface area contributed by atoms with Crippen LogP contribution in [-0.2, 0) is 30.4 Å². The summed E-state index contributed by atoms with van der Waals surface area (Å²) in [5.74, 6) is -0.145. The number of aromatic nitrogens is 3. The Bertz CT molecular complexity index is 1240. The zero-order valence-electron chi connectivity index (χ0n) is 17.9. The molecule has 10 heteroatoms. The number of rotatable bonds is 3. The summed E-state index contributed by atoms with van der Waals surface area (Å²) in [5, 5.41) is 10.9. The van der Waals surface area contributed by atoms with Crippen molar-refractivity contribution in [1.82, 2.24) is 15.0 Å². The van der Waals surface area contributed by atoms with Gasteiger partial charge in [0.2, 0.25) is 5.91 Å². The summed E-state index contributed by atoms with van der Waals surface area (Å²) in [6.45, 7) is 6.20. The molecule has 1 aromatic carbocycles. The lowest BCUT2D eigenvalue weighted by molar-refractivity contribution is -0.137. The highest BCUT2D eigenvalue weighted by Crippen LogP contribution is 2.41. The maximum atomic E-state index is 13.1. The molecule has 2 heterocycles. The van der Waals surface area contributed by atoms with Crippen molar-refractivity contribution in [2.24, 2.45) is 11.3 Å². The molecule has 1 aliphatic rings. The van der Waals surface area contributed by atoms with Gasteiger partial charge in [-0.2, -0.15) is 13.2 Å². The fourth-order valence-electron chi connectivity index (χ4n) is 4.08. The van der Waals surface area contributed by atoms with Gasteiger partial charge in [0, 0.05) is 10.6 Å². The van der Waals surface area contributed by atoms with Crippen LogP contribution in [0, 0.1) is 11.3 Å². The number of benzene rings is 1. The van der Waals surface area contributed by atoms with E-state index in [1.165, 1.54) is 23.5 Å². The van der Waals surface area contributed by atoms with E-state index in [0.29, 0.717) is 16.1 Å². The third kappa shape index (κ3) is 4.41. The highest BCUT2D eigenvalue weighted by atomic mass is 32.1. The third-order valence-corrected chi connectivity index (χ3v) is 7.07. The van der Waals surface area contributed by atoms with Crippen molar-refractivity contribution in [3.63, 3.8) is 0 Å². The van der Waals surface area contributed by atoms with Gasteiger partial charge in [0.25, 0.3) is 5.56 Å². The van der Waals surface area contributed by atoms with Crippen molar-refractivity contribution in [2.45, 2.75) is 52.8 Å². The van der Waals surface area contributed by atoms with E-state index < -0.39 is 29.8 Å². The van der Waals surface area contributed by atoms with Crippen molar-refractivity contribution >= 4 is 33.1 Å². The first-order valence-corrected chi connectivity index (χ1v) is 11.1. The minimum Gasteiger partial charge on any atom is -0.324 e. The third-order valence-electron chi connectivity index (χ3n) is 5.93. The number of alkyl halides is 3. The van der Waals surface area contributed by atoms with Gasteiger partial charge in [-0.1, -0.05) is 32.1 Å². The molecule has 1 unspecified atom stereocenters. The molecule has 4 rings (SSSR count). The smallest absolute Gasteiger partial charge is 0.324 e. The zero-order chi connectivity index (χ0) is 23.3. The first kappa shape index (κ1) is 22.4. The second kappa shape index (κ2) is 7.99. The maximum absolute atomic E-state index is 13.1.